The maximum Gasteiger partial charge on any atom is 0.416 e. The number of alkyl halides is 6. The molecule has 0 spiro atoms. The summed E-state index contributed by atoms with van der Waals surface area (Å²) in [5.41, 5.74) is -1.98. The summed E-state index contributed by atoms with van der Waals surface area (Å²) >= 11 is 0. The lowest BCUT2D eigenvalue weighted by molar-refractivity contribution is -0.138. The van der Waals surface area contributed by atoms with Crippen LogP contribution >= 0.6 is 0 Å². The molecule has 12 heteroatoms. The van der Waals surface area contributed by atoms with E-state index in [2.05, 4.69) is 14.7 Å². The number of hydrogen-bond donors (Lipinski definition) is 1. The molecular weight excluding hydrogens is 556 g/mol. The minimum absolute atomic E-state index is 0.0195. The number of nitrogens with one attached hydrogen (secondary N) is 1. The first-order valence-electron chi connectivity index (χ1n) is 11.8. The van der Waals surface area contributed by atoms with Gasteiger partial charge in [-0.05, 0) is 69.3 Å². The van der Waals surface area contributed by atoms with Gasteiger partial charge >= 0.3 is 12.4 Å². The number of aromatic nitrogens is 2. The molecule has 0 fully saturated rings. The third kappa shape index (κ3) is 6.86. The van der Waals surface area contributed by atoms with Gasteiger partial charge in [-0.3, -0.25) is 4.98 Å². The average Bonchev–Trinajstić information content (AvgIpc) is 2.86. The molecule has 40 heavy (non-hydrogen) atoms. The summed E-state index contributed by atoms with van der Waals surface area (Å²) < 4.78 is 108. The maximum atomic E-state index is 13.8. The van der Waals surface area contributed by atoms with Gasteiger partial charge in [0.2, 0.25) is 10.0 Å². The first-order valence-corrected chi connectivity index (χ1v) is 13.3. The predicted octanol–water partition coefficient (Wildman–Crippen LogP) is 7.59. The van der Waals surface area contributed by atoms with Crippen LogP contribution in [0, 0.1) is 0 Å². The fourth-order valence-corrected chi connectivity index (χ4v) is 5.32. The topological polar surface area (TPSA) is 72.0 Å². The molecule has 0 bridgehead atoms. The van der Waals surface area contributed by atoms with Crippen molar-refractivity contribution in [3.05, 3.63) is 90.1 Å². The Balaban J connectivity index is 1.78. The molecule has 210 valence electrons. The van der Waals surface area contributed by atoms with Gasteiger partial charge in [-0.2, -0.15) is 26.3 Å². The summed E-state index contributed by atoms with van der Waals surface area (Å²) in [6, 6.07) is 14.1. The van der Waals surface area contributed by atoms with Crippen LogP contribution in [0.15, 0.2) is 83.9 Å². The second kappa shape index (κ2) is 10.3. The standard InChI is InChI=1S/C28H23F6N3O2S/c1-26(2,3)37-40(38,39)22-6-4-5-18(13-22)23-14-19(11-12-35-23)25-16-21(28(32,33)34)15-24(36-25)17-7-9-20(10-8-17)27(29,30)31/h4-16,37H,1-3H3. The van der Waals surface area contributed by atoms with Crippen LogP contribution in [0.25, 0.3) is 33.8 Å². The Kier molecular flexibility index (Phi) is 7.54. The Bertz CT molecular complexity index is 1640. The Morgan fingerprint density at radius 3 is 1.80 bits per heavy atom. The van der Waals surface area contributed by atoms with Crippen molar-refractivity contribution in [1.29, 1.82) is 0 Å². The summed E-state index contributed by atoms with van der Waals surface area (Å²) in [7, 11) is -3.87. The molecule has 4 aromatic rings. The fraction of sp³-hybridized carbons (Fsp3) is 0.214. The van der Waals surface area contributed by atoms with Crippen LogP contribution in [0.2, 0.25) is 0 Å². The second-order valence-electron chi connectivity index (χ2n) is 10.0. The minimum Gasteiger partial charge on any atom is -0.256 e. The number of rotatable bonds is 5. The highest BCUT2D eigenvalue weighted by Gasteiger charge is 2.33. The molecule has 5 nitrogen and oxygen atoms in total. The molecule has 4 rings (SSSR count). The van der Waals surface area contributed by atoms with Gasteiger partial charge in [0.05, 0.1) is 33.1 Å². The van der Waals surface area contributed by atoms with Crippen molar-refractivity contribution in [2.24, 2.45) is 0 Å². The third-order valence-corrected chi connectivity index (χ3v) is 7.35. The fourth-order valence-electron chi connectivity index (χ4n) is 3.85. The zero-order valence-corrected chi connectivity index (χ0v) is 22.2. The summed E-state index contributed by atoms with van der Waals surface area (Å²) in [5.74, 6) is 0. The summed E-state index contributed by atoms with van der Waals surface area (Å²) in [6.07, 6.45) is -8.01. The Morgan fingerprint density at radius 1 is 0.650 bits per heavy atom. The van der Waals surface area contributed by atoms with Crippen LogP contribution in [0.4, 0.5) is 26.3 Å². The van der Waals surface area contributed by atoms with Crippen LogP contribution in [-0.4, -0.2) is 23.9 Å². The van der Waals surface area contributed by atoms with Gasteiger partial charge in [0.1, 0.15) is 0 Å². The van der Waals surface area contributed by atoms with Gasteiger partial charge in [-0.15, -0.1) is 0 Å². The number of nitrogens with zero attached hydrogens (tertiary/aromatic N) is 2. The first-order chi connectivity index (χ1) is 18.4. The molecule has 0 amide bonds. The van der Waals surface area contributed by atoms with Crippen molar-refractivity contribution in [2.45, 2.75) is 43.6 Å². The Labute approximate surface area is 227 Å². The predicted molar refractivity (Wildman–Crippen MR) is 138 cm³/mol. The Morgan fingerprint density at radius 2 is 1.23 bits per heavy atom. The lowest BCUT2D eigenvalue weighted by atomic mass is 10.0. The lowest BCUT2D eigenvalue weighted by Gasteiger charge is -2.20. The maximum absolute atomic E-state index is 13.8. The van der Waals surface area contributed by atoms with Gasteiger partial charge in [0, 0.05) is 28.4 Å². The van der Waals surface area contributed by atoms with Crippen molar-refractivity contribution in [3.63, 3.8) is 0 Å². The SMILES string of the molecule is CC(C)(C)NS(=O)(=O)c1cccc(-c2cc(-c3cc(C(F)(F)F)cc(-c4ccc(C(F)(F)F)cc4)n3)ccn2)c1. The van der Waals surface area contributed by atoms with E-state index < -0.39 is 39.0 Å². The monoisotopic (exact) mass is 579 g/mol. The molecule has 1 N–H and O–H groups in total. The van der Waals surface area contributed by atoms with E-state index in [0.717, 1.165) is 36.4 Å². The van der Waals surface area contributed by atoms with Crippen molar-refractivity contribution < 1.29 is 34.8 Å². The van der Waals surface area contributed by atoms with Gasteiger partial charge in [0.25, 0.3) is 0 Å². The number of sulfonamides is 1. The van der Waals surface area contributed by atoms with Crippen molar-refractivity contribution >= 4 is 10.0 Å². The molecule has 0 aliphatic heterocycles. The number of halogens is 6. The molecular formula is C28H23F6N3O2S. The zero-order valence-electron chi connectivity index (χ0n) is 21.4. The first kappa shape index (κ1) is 29.2. The molecule has 0 atom stereocenters. The third-order valence-electron chi connectivity index (χ3n) is 5.60. The smallest absolute Gasteiger partial charge is 0.256 e. The molecule has 0 radical (unpaired) electrons. The van der Waals surface area contributed by atoms with E-state index in [1.54, 1.807) is 26.8 Å². The average molecular weight is 580 g/mol. The summed E-state index contributed by atoms with van der Waals surface area (Å²) in [6.45, 7) is 5.08. The minimum atomic E-state index is -4.75. The van der Waals surface area contributed by atoms with Crippen LogP contribution in [0.3, 0.4) is 0 Å². The summed E-state index contributed by atoms with van der Waals surface area (Å²) in [4.78, 5) is 8.52. The van der Waals surface area contributed by atoms with Crippen LogP contribution < -0.4 is 4.72 Å². The molecule has 2 aromatic heterocycles. The second-order valence-corrected chi connectivity index (χ2v) is 11.7. The van der Waals surface area contributed by atoms with Gasteiger partial charge < -0.3 is 0 Å². The van der Waals surface area contributed by atoms with E-state index in [1.807, 2.05) is 0 Å². The largest absolute Gasteiger partial charge is 0.416 e. The molecule has 0 aliphatic carbocycles. The van der Waals surface area contributed by atoms with Gasteiger partial charge in [-0.1, -0.05) is 24.3 Å². The Hall–Kier alpha value is -3.77. The number of benzene rings is 2. The number of pyridine rings is 2. The van der Waals surface area contributed by atoms with E-state index in [4.69, 9.17) is 0 Å². The zero-order chi connectivity index (χ0) is 29.5. The molecule has 2 aromatic carbocycles. The van der Waals surface area contributed by atoms with Gasteiger partial charge in [-0.25, -0.2) is 18.1 Å². The van der Waals surface area contributed by atoms with Crippen molar-refractivity contribution in [2.75, 3.05) is 0 Å². The molecule has 2 heterocycles. The van der Waals surface area contributed by atoms with Crippen LogP contribution in [0.5, 0.6) is 0 Å². The molecule has 0 unspecified atom stereocenters. The molecule has 0 saturated carbocycles. The van der Waals surface area contributed by atoms with Gasteiger partial charge in [0.15, 0.2) is 0 Å². The van der Waals surface area contributed by atoms with E-state index in [-0.39, 0.29) is 33.1 Å². The molecule has 0 aliphatic rings. The highest BCUT2D eigenvalue weighted by molar-refractivity contribution is 7.89. The van der Waals surface area contributed by atoms with E-state index in [0.29, 0.717) is 5.56 Å². The lowest BCUT2D eigenvalue weighted by Crippen LogP contribution is -2.40. The highest BCUT2D eigenvalue weighted by atomic mass is 32.2. The highest BCUT2D eigenvalue weighted by Crippen LogP contribution is 2.36. The quantitative estimate of drug-likeness (QED) is 0.247. The number of hydrogen-bond acceptors (Lipinski definition) is 4. The summed E-state index contributed by atoms with van der Waals surface area (Å²) in [5, 5.41) is 0. The van der Waals surface area contributed by atoms with E-state index >= 15 is 0 Å². The molecule has 0 saturated heterocycles. The van der Waals surface area contributed by atoms with Crippen LogP contribution in [-0.2, 0) is 22.4 Å². The van der Waals surface area contributed by atoms with E-state index in [9.17, 15) is 34.8 Å². The van der Waals surface area contributed by atoms with Crippen molar-refractivity contribution in [1.82, 2.24) is 14.7 Å². The van der Waals surface area contributed by atoms with Crippen molar-refractivity contribution in [3.8, 4) is 33.8 Å². The van der Waals surface area contributed by atoms with Crippen LogP contribution in [0.1, 0.15) is 31.9 Å². The normalized spacial score (nSPS) is 12.9. The van der Waals surface area contributed by atoms with E-state index in [1.165, 1.54) is 36.5 Å².